The molecule has 1 atom stereocenters. The molecule has 0 aromatic carbocycles. The zero-order valence-electron chi connectivity index (χ0n) is 10.9. The highest BCUT2D eigenvalue weighted by atomic mass is 16.2. The molecule has 4 heteroatoms. The summed E-state index contributed by atoms with van der Waals surface area (Å²) in [5, 5.41) is 0. The van der Waals surface area contributed by atoms with Crippen LogP contribution in [0.15, 0.2) is 0 Å². The molecule has 1 amide bonds. The molecule has 0 aromatic rings. The van der Waals surface area contributed by atoms with Crippen molar-refractivity contribution in [3.05, 3.63) is 0 Å². The molecule has 0 saturated carbocycles. The van der Waals surface area contributed by atoms with E-state index in [0.717, 1.165) is 25.9 Å². The van der Waals surface area contributed by atoms with Crippen molar-refractivity contribution in [1.29, 1.82) is 0 Å². The van der Waals surface area contributed by atoms with Crippen molar-refractivity contribution < 1.29 is 4.79 Å². The molecule has 2 aliphatic heterocycles. The Labute approximate surface area is 104 Å². The molecule has 2 aliphatic rings. The third-order valence-electron chi connectivity index (χ3n) is 4.07. The largest absolute Gasteiger partial charge is 0.341 e. The van der Waals surface area contributed by atoms with Gasteiger partial charge < -0.3 is 15.5 Å². The quantitative estimate of drug-likeness (QED) is 0.776. The molecule has 2 heterocycles. The molecule has 0 aliphatic carbocycles. The number of amides is 1. The van der Waals surface area contributed by atoms with Crippen molar-refractivity contribution in [2.45, 2.75) is 51.1 Å². The first-order valence-corrected chi connectivity index (χ1v) is 6.97. The standard InChI is InChI=1S/C13H25N3O/c1-11(14)13(17)16-9-5-12(6-10-16)15-7-3-2-4-8-15/h11-12H,2-10,14H2,1H3. The maximum atomic E-state index is 11.8. The van der Waals surface area contributed by atoms with Gasteiger partial charge in [0.25, 0.3) is 0 Å². The SMILES string of the molecule is CC(N)C(=O)N1CCC(N2CCCCC2)CC1. The fourth-order valence-electron chi connectivity index (χ4n) is 3.02. The van der Waals surface area contributed by atoms with Crippen LogP contribution in [0.3, 0.4) is 0 Å². The zero-order chi connectivity index (χ0) is 12.3. The van der Waals surface area contributed by atoms with E-state index in [0.29, 0.717) is 6.04 Å². The van der Waals surface area contributed by atoms with Crippen LogP contribution in [0.4, 0.5) is 0 Å². The third-order valence-corrected chi connectivity index (χ3v) is 4.07. The number of rotatable bonds is 2. The minimum Gasteiger partial charge on any atom is -0.341 e. The van der Waals surface area contributed by atoms with E-state index in [1.165, 1.54) is 32.4 Å². The summed E-state index contributed by atoms with van der Waals surface area (Å²) in [4.78, 5) is 16.3. The Bertz CT molecular complexity index is 253. The van der Waals surface area contributed by atoms with Gasteiger partial charge in [0.2, 0.25) is 5.91 Å². The second-order valence-electron chi connectivity index (χ2n) is 5.44. The van der Waals surface area contributed by atoms with Crippen LogP contribution in [0, 0.1) is 0 Å². The second kappa shape index (κ2) is 5.83. The summed E-state index contributed by atoms with van der Waals surface area (Å²) in [7, 11) is 0. The van der Waals surface area contributed by atoms with Crippen molar-refractivity contribution in [3.8, 4) is 0 Å². The van der Waals surface area contributed by atoms with Gasteiger partial charge in [0.05, 0.1) is 6.04 Å². The molecule has 2 rings (SSSR count). The summed E-state index contributed by atoms with van der Waals surface area (Å²) in [5.41, 5.74) is 5.64. The van der Waals surface area contributed by atoms with Crippen LogP contribution in [0.25, 0.3) is 0 Å². The molecule has 2 N–H and O–H groups in total. The van der Waals surface area contributed by atoms with Crippen molar-refractivity contribution in [3.63, 3.8) is 0 Å². The first kappa shape index (κ1) is 12.8. The van der Waals surface area contributed by atoms with E-state index in [2.05, 4.69) is 4.90 Å². The maximum Gasteiger partial charge on any atom is 0.239 e. The minimum atomic E-state index is -0.346. The molecule has 1 unspecified atom stereocenters. The summed E-state index contributed by atoms with van der Waals surface area (Å²) < 4.78 is 0. The maximum absolute atomic E-state index is 11.8. The topological polar surface area (TPSA) is 49.6 Å². The summed E-state index contributed by atoms with van der Waals surface area (Å²) >= 11 is 0. The van der Waals surface area contributed by atoms with E-state index in [9.17, 15) is 4.79 Å². The highest BCUT2D eigenvalue weighted by Crippen LogP contribution is 2.20. The minimum absolute atomic E-state index is 0.113. The summed E-state index contributed by atoms with van der Waals surface area (Å²) in [6.45, 7) is 6.07. The Kier molecular flexibility index (Phi) is 4.40. The van der Waals surface area contributed by atoms with E-state index in [4.69, 9.17) is 5.73 Å². The lowest BCUT2D eigenvalue weighted by Gasteiger charge is -2.40. The average Bonchev–Trinajstić information content (AvgIpc) is 2.39. The third kappa shape index (κ3) is 3.19. The number of carbonyl (C=O) groups is 1. The van der Waals surface area contributed by atoms with Gasteiger partial charge in [-0.1, -0.05) is 6.42 Å². The van der Waals surface area contributed by atoms with Gasteiger partial charge >= 0.3 is 0 Å². The summed E-state index contributed by atoms with van der Waals surface area (Å²) in [6.07, 6.45) is 6.33. The Hall–Kier alpha value is -0.610. The van der Waals surface area contributed by atoms with Gasteiger partial charge in [-0.25, -0.2) is 0 Å². The first-order chi connectivity index (χ1) is 8.18. The number of likely N-dealkylation sites (tertiary alicyclic amines) is 2. The Morgan fingerprint density at radius 1 is 1.12 bits per heavy atom. The lowest BCUT2D eigenvalue weighted by Crippen LogP contribution is -2.51. The summed E-state index contributed by atoms with van der Waals surface area (Å²) in [5.74, 6) is 0.113. The molecule has 0 spiro atoms. The first-order valence-electron chi connectivity index (χ1n) is 6.97. The van der Waals surface area contributed by atoms with Crippen LogP contribution in [-0.4, -0.2) is 54.0 Å². The molecule has 0 radical (unpaired) electrons. The lowest BCUT2D eigenvalue weighted by molar-refractivity contribution is -0.133. The molecule has 0 aromatic heterocycles. The second-order valence-corrected chi connectivity index (χ2v) is 5.44. The molecule has 0 bridgehead atoms. The van der Waals surface area contributed by atoms with Crippen molar-refractivity contribution in [2.24, 2.45) is 5.73 Å². The predicted molar refractivity (Wildman–Crippen MR) is 68.7 cm³/mol. The zero-order valence-corrected chi connectivity index (χ0v) is 10.9. The monoisotopic (exact) mass is 239 g/mol. The number of carbonyl (C=O) groups excluding carboxylic acids is 1. The van der Waals surface area contributed by atoms with E-state index in [1.807, 2.05) is 4.90 Å². The fourth-order valence-corrected chi connectivity index (χ4v) is 3.02. The van der Waals surface area contributed by atoms with Gasteiger partial charge in [-0.3, -0.25) is 4.79 Å². The Morgan fingerprint density at radius 2 is 1.71 bits per heavy atom. The van der Waals surface area contributed by atoms with Crippen LogP contribution in [-0.2, 0) is 4.79 Å². The van der Waals surface area contributed by atoms with Gasteiger partial charge in [0, 0.05) is 19.1 Å². The van der Waals surface area contributed by atoms with E-state index < -0.39 is 0 Å². The van der Waals surface area contributed by atoms with Crippen molar-refractivity contribution in [2.75, 3.05) is 26.2 Å². The smallest absolute Gasteiger partial charge is 0.239 e. The average molecular weight is 239 g/mol. The van der Waals surface area contributed by atoms with Gasteiger partial charge in [0.1, 0.15) is 0 Å². The predicted octanol–water partition coefficient (Wildman–Crippen LogP) is 0.811. The Morgan fingerprint density at radius 3 is 2.24 bits per heavy atom. The molecule has 4 nitrogen and oxygen atoms in total. The van der Waals surface area contributed by atoms with E-state index in [1.54, 1.807) is 6.92 Å². The lowest BCUT2D eigenvalue weighted by atomic mass is 9.99. The number of hydrogen-bond acceptors (Lipinski definition) is 3. The van der Waals surface area contributed by atoms with Crippen LogP contribution in [0.1, 0.15) is 39.0 Å². The number of nitrogens with two attached hydrogens (primary N) is 1. The number of piperidine rings is 2. The normalized spacial score (nSPS) is 25.9. The number of hydrogen-bond donors (Lipinski definition) is 1. The van der Waals surface area contributed by atoms with Crippen molar-refractivity contribution >= 4 is 5.91 Å². The highest BCUT2D eigenvalue weighted by Gasteiger charge is 2.28. The van der Waals surface area contributed by atoms with Gasteiger partial charge in [-0.05, 0) is 45.7 Å². The van der Waals surface area contributed by atoms with Crippen LogP contribution in [0.5, 0.6) is 0 Å². The number of nitrogens with zero attached hydrogens (tertiary/aromatic N) is 2. The molecule has 17 heavy (non-hydrogen) atoms. The van der Waals surface area contributed by atoms with E-state index in [-0.39, 0.29) is 11.9 Å². The fraction of sp³-hybridized carbons (Fsp3) is 0.923. The van der Waals surface area contributed by atoms with Crippen LogP contribution in [0.2, 0.25) is 0 Å². The highest BCUT2D eigenvalue weighted by molar-refractivity contribution is 5.81. The molecule has 2 saturated heterocycles. The Balaban J connectivity index is 1.79. The van der Waals surface area contributed by atoms with Gasteiger partial charge in [0.15, 0.2) is 0 Å². The molecular formula is C13H25N3O. The van der Waals surface area contributed by atoms with Gasteiger partial charge in [-0.15, -0.1) is 0 Å². The molecule has 2 fully saturated rings. The van der Waals surface area contributed by atoms with E-state index >= 15 is 0 Å². The summed E-state index contributed by atoms with van der Waals surface area (Å²) in [6, 6.07) is 0.356. The van der Waals surface area contributed by atoms with Crippen molar-refractivity contribution in [1.82, 2.24) is 9.80 Å². The van der Waals surface area contributed by atoms with Gasteiger partial charge in [-0.2, -0.15) is 0 Å². The molecular weight excluding hydrogens is 214 g/mol. The van der Waals surface area contributed by atoms with Crippen LogP contribution >= 0.6 is 0 Å². The molecule has 98 valence electrons. The van der Waals surface area contributed by atoms with Crippen LogP contribution < -0.4 is 5.73 Å².